The molecule has 0 saturated heterocycles. The Balaban J connectivity index is 2.31. The molecule has 1 heterocycles. The van der Waals surface area contributed by atoms with Gasteiger partial charge in [0.2, 0.25) is 0 Å². The van der Waals surface area contributed by atoms with E-state index in [-0.39, 0.29) is 6.61 Å². The van der Waals surface area contributed by atoms with Crippen molar-refractivity contribution >= 4 is 22.9 Å². The van der Waals surface area contributed by atoms with Crippen LogP contribution in [0.2, 0.25) is 0 Å². The first-order valence-electron chi connectivity index (χ1n) is 4.03. The lowest BCUT2D eigenvalue weighted by atomic mass is 10.5. The zero-order valence-electron chi connectivity index (χ0n) is 7.55. The van der Waals surface area contributed by atoms with Crippen LogP contribution < -0.4 is 0 Å². The molecule has 0 bridgehead atoms. The Kier molecular flexibility index (Phi) is 4.75. The quantitative estimate of drug-likeness (QED) is 0.763. The number of rotatable bonds is 5. The molecule has 0 fully saturated rings. The molecule has 0 atom stereocenters. The topological polar surface area (TPSA) is 35.0 Å². The van der Waals surface area contributed by atoms with Gasteiger partial charge < -0.3 is 4.74 Å². The van der Waals surface area contributed by atoms with E-state index in [1.807, 2.05) is 0 Å². The second kappa shape index (κ2) is 5.62. The predicted octanol–water partition coefficient (Wildman–Crippen LogP) is 2.40. The number of aromatic nitrogens is 2. The van der Waals surface area contributed by atoms with Crippen LogP contribution in [0.3, 0.4) is 0 Å². The minimum absolute atomic E-state index is 0.167. The van der Waals surface area contributed by atoms with E-state index in [2.05, 4.69) is 14.9 Å². The van der Waals surface area contributed by atoms with Crippen molar-refractivity contribution in [2.24, 2.45) is 0 Å². The molecule has 0 aliphatic carbocycles. The SMILES string of the molecule is FC(F)(F)COCc1nnc(CCCl)s1. The molecule has 0 aliphatic rings. The van der Waals surface area contributed by atoms with Crippen molar-refractivity contribution < 1.29 is 17.9 Å². The van der Waals surface area contributed by atoms with Crippen molar-refractivity contribution in [2.45, 2.75) is 19.2 Å². The molecule has 1 aromatic rings. The number of alkyl halides is 4. The molecule has 1 aromatic heterocycles. The predicted molar refractivity (Wildman–Crippen MR) is 50.0 cm³/mol. The van der Waals surface area contributed by atoms with Crippen molar-refractivity contribution in [3.8, 4) is 0 Å². The summed E-state index contributed by atoms with van der Waals surface area (Å²) in [6.45, 7) is -1.43. The number of nitrogens with zero attached hydrogens (tertiary/aromatic N) is 2. The summed E-state index contributed by atoms with van der Waals surface area (Å²) in [6, 6.07) is 0. The van der Waals surface area contributed by atoms with Crippen molar-refractivity contribution in [3.05, 3.63) is 10.0 Å². The van der Waals surface area contributed by atoms with Crippen LogP contribution in [0.15, 0.2) is 0 Å². The van der Waals surface area contributed by atoms with Crippen LogP contribution >= 0.6 is 22.9 Å². The summed E-state index contributed by atoms with van der Waals surface area (Å²) in [5.41, 5.74) is 0. The van der Waals surface area contributed by atoms with Gasteiger partial charge in [0.15, 0.2) is 0 Å². The Morgan fingerprint density at radius 3 is 2.53 bits per heavy atom. The molecule has 0 amide bonds. The minimum Gasteiger partial charge on any atom is -0.365 e. The van der Waals surface area contributed by atoms with E-state index >= 15 is 0 Å². The first kappa shape index (κ1) is 12.7. The highest BCUT2D eigenvalue weighted by molar-refractivity contribution is 7.11. The van der Waals surface area contributed by atoms with Gasteiger partial charge in [-0.2, -0.15) is 13.2 Å². The van der Waals surface area contributed by atoms with E-state index in [1.165, 1.54) is 11.3 Å². The molecular formula is C7H8ClF3N2OS. The number of hydrogen-bond donors (Lipinski definition) is 0. The Morgan fingerprint density at radius 1 is 1.27 bits per heavy atom. The van der Waals surface area contributed by atoms with Gasteiger partial charge in [-0.1, -0.05) is 11.3 Å². The fourth-order valence-electron chi connectivity index (χ4n) is 0.783. The Hall–Kier alpha value is -0.400. The highest BCUT2D eigenvalue weighted by Gasteiger charge is 2.27. The third-order valence-electron chi connectivity index (χ3n) is 1.31. The normalized spacial score (nSPS) is 12.0. The molecule has 86 valence electrons. The van der Waals surface area contributed by atoms with E-state index in [1.54, 1.807) is 0 Å². The van der Waals surface area contributed by atoms with E-state index in [9.17, 15) is 13.2 Å². The summed E-state index contributed by atoms with van der Waals surface area (Å²) < 4.78 is 39.6. The van der Waals surface area contributed by atoms with Gasteiger partial charge in [0, 0.05) is 12.3 Å². The number of aryl methyl sites for hydroxylation is 1. The summed E-state index contributed by atoms with van der Waals surface area (Å²) in [6.07, 6.45) is -3.73. The minimum atomic E-state index is -4.30. The number of hydrogen-bond acceptors (Lipinski definition) is 4. The second-order valence-electron chi connectivity index (χ2n) is 2.64. The summed E-state index contributed by atoms with van der Waals surface area (Å²) in [7, 11) is 0. The van der Waals surface area contributed by atoms with Gasteiger partial charge in [-0.05, 0) is 0 Å². The molecule has 0 spiro atoms. The largest absolute Gasteiger partial charge is 0.411 e. The second-order valence-corrected chi connectivity index (χ2v) is 4.16. The molecule has 3 nitrogen and oxygen atoms in total. The molecule has 0 unspecified atom stereocenters. The fourth-order valence-corrected chi connectivity index (χ4v) is 1.86. The van der Waals surface area contributed by atoms with Crippen LogP contribution in [0.4, 0.5) is 13.2 Å². The molecule has 0 N–H and O–H groups in total. The van der Waals surface area contributed by atoms with Gasteiger partial charge in [0.1, 0.15) is 23.2 Å². The highest BCUT2D eigenvalue weighted by Crippen LogP contribution is 2.17. The average molecular weight is 261 g/mol. The number of ether oxygens (including phenoxy) is 1. The molecule has 0 radical (unpaired) electrons. The maximum Gasteiger partial charge on any atom is 0.411 e. The fraction of sp³-hybridized carbons (Fsp3) is 0.714. The van der Waals surface area contributed by atoms with Gasteiger partial charge in [-0.25, -0.2) is 0 Å². The monoisotopic (exact) mass is 260 g/mol. The maximum atomic E-state index is 11.7. The van der Waals surface area contributed by atoms with Crippen LogP contribution in [0.5, 0.6) is 0 Å². The lowest BCUT2D eigenvalue weighted by molar-refractivity contribution is -0.176. The molecular weight excluding hydrogens is 253 g/mol. The Labute approximate surface area is 93.2 Å². The summed E-state index contributed by atoms with van der Waals surface area (Å²) in [5.74, 6) is 0.415. The standard InChI is InChI=1S/C7H8ClF3N2OS/c8-2-1-5-12-13-6(15-5)3-14-4-7(9,10)11/h1-4H2. The van der Waals surface area contributed by atoms with E-state index < -0.39 is 12.8 Å². The zero-order valence-corrected chi connectivity index (χ0v) is 9.12. The van der Waals surface area contributed by atoms with Crippen LogP contribution in [0.1, 0.15) is 10.0 Å². The van der Waals surface area contributed by atoms with Gasteiger partial charge in [0.05, 0.1) is 0 Å². The van der Waals surface area contributed by atoms with Crippen molar-refractivity contribution in [1.82, 2.24) is 10.2 Å². The molecule has 15 heavy (non-hydrogen) atoms. The third-order valence-corrected chi connectivity index (χ3v) is 2.45. The molecule has 0 aliphatic heterocycles. The third kappa shape index (κ3) is 5.29. The van der Waals surface area contributed by atoms with Crippen LogP contribution in [0, 0.1) is 0 Å². The Morgan fingerprint density at radius 2 is 1.93 bits per heavy atom. The van der Waals surface area contributed by atoms with Gasteiger partial charge in [-0.3, -0.25) is 0 Å². The van der Waals surface area contributed by atoms with E-state index in [0.29, 0.717) is 22.3 Å². The molecule has 0 aromatic carbocycles. The van der Waals surface area contributed by atoms with Crippen molar-refractivity contribution in [3.63, 3.8) is 0 Å². The van der Waals surface area contributed by atoms with Crippen LogP contribution in [-0.2, 0) is 17.8 Å². The number of halogens is 4. The van der Waals surface area contributed by atoms with E-state index in [0.717, 1.165) is 0 Å². The van der Waals surface area contributed by atoms with Gasteiger partial charge in [-0.15, -0.1) is 21.8 Å². The Bertz CT molecular complexity index is 305. The van der Waals surface area contributed by atoms with Crippen molar-refractivity contribution in [2.75, 3.05) is 12.5 Å². The first-order valence-corrected chi connectivity index (χ1v) is 5.38. The zero-order chi connectivity index (χ0) is 11.3. The van der Waals surface area contributed by atoms with E-state index in [4.69, 9.17) is 11.6 Å². The van der Waals surface area contributed by atoms with Gasteiger partial charge >= 0.3 is 6.18 Å². The summed E-state index contributed by atoms with van der Waals surface area (Å²) >= 11 is 6.68. The van der Waals surface area contributed by atoms with Crippen LogP contribution in [0.25, 0.3) is 0 Å². The summed E-state index contributed by atoms with van der Waals surface area (Å²) in [5, 5.41) is 8.55. The first-order chi connectivity index (χ1) is 7.01. The summed E-state index contributed by atoms with van der Waals surface area (Å²) in [4.78, 5) is 0. The molecule has 1 rings (SSSR count). The van der Waals surface area contributed by atoms with Gasteiger partial charge in [0.25, 0.3) is 0 Å². The lowest BCUT2D eigenvalue weighted by Gasteiger charge is -2.04. The smallest absolute Gasteiger partial charge is 0.365 e. The highest BCUT2D eigenvalue weighted by atomic mass is 35.5. The van der Waals surface area contributed by atoms with Crippen molar-refractivity contribution in [1.29, 1.82) is 0 Å². The lowest BCUT2D eigenvalue weighted by Crippen LogP contribution is -2.16. The maximum absolute atomic E-state index is 11.7. The molecule has 8 heteroatoms. The van der Waals surface area contributed by atoms with Crippen LogP contribution in [-0.4, -0.2) is 28.9 Å². The average Bonchev–Trinajstić information content (AvgIpc) is 2.51. The molecule has 0 saturated carbocycles.